The van der Waals surface area contributed by atoms with Crippen LogP contribution in [0.3, 0.4) is 0 Å². The van der Waals surface area contributed by atoms with Crippen molar-refractivity contribution in [3.05, 3.63) is 78.4 Å². The Morgan fingerprint density at radius 3 is 1.97 bits per heavy atom. The summed E-state index contributed by atoms with van der Waals surface area (Å²) >= 11 is 0. The molecule has 0 saturated carbocycles. The van der Waals surface area contributed by atoms with Crippen molar-refractivity contribution in [2.24, 2.45) is 0 Å². The minimum Gasteiger partial charge on any atom is -0.497 e. The molecule has 0 spiro atoms. The van der Waals surface area contributed by atoms with E-state index < -0.39 is 22.5 Å². The molecule has 0 unspecified atom stereocenters. The van der Waals surface area contributed by atoms with Crippen LogP contribution in [0.4, 0.5) is 5.69 Å². The van der Waals surface area contributed by atoms with Crippen molar-refractivity contribution in [1.29, 1.82) is 0 Å². The van der Waals surface area contributed by atoms with Gasteiger partial charge in [-0.05, 0) is 61.0 Å². The van der Waals surface area contributed by atoms with Crippen molar-refractivity contribution >= 4 is 21.6 Å². The predicted molar refractivity (Wildman–Crippen MR) is 130 cm³/mol. The maximum atomic E-state index is 13.6. The van der Waals surface area contributed by atoms with E-state index in [4.69, 9.17) is 14.2 Å². The molecule has 9 heteroatoms. The van der Waals surface area contributed by atoms with Crippen molar-refractivity contribution in [3.63, 3.8) is 0 Å². The number of carbonyl (C=O) groups excluding carboxylic acids is 1. The zero-order valence-corrected chi connectivity index (χ0v) is 20.3. The summed E-state index contributed by atoms with van der Waals surface area (Å²) in [6.45, 7) is 1.39. The standard InChI is InChI=1S/C25H28N2O6S/c1-18(19-9-11-20(31-2)12-10-19)26-25(28)17-27(23-7-5-6-8-24(23)33-4)34(29,30)22-15-13-21(32-3)14-16-22/h5-16,18H,17H2,1-4H3,(H,26,28)/t18-/m0/s1. The molecule has 0 radical (unpaired) electrons. The number of nitrogens with one attached hydrogen (secondary N) is 1. The van der Waals surface area contributed by atoms with Crippen LogP contribution >= 0.6 is 0 Å². The van der Waals surface area contributed by atoms with E-state index >= 15 is 0 Å². The van der Waals surface area contributed by atoms with Gasteiger partial charge >= 0.3 is 0 Å². The number of anilines is 1. The van der Waals surface area contributed by atoms with E-state index in [1.54, 1.807) is 55.6 Å². The molecule has 180 valence electrons. The summed E-state index contributed by atoms with van der Waals surface area (Å²) in [6.07, 6.45) is 0. The molecule has 8 nitrogen and oxygen atoms in total. The average Bonchev–Trinajstić information content (AvgIpc) is 2.87. The van der Waals surface area contributed by atoms with Gasteiger partial charge in [-0.15, -0.1) is 0 Å². The Morgan fingerprint density at radius 2 is 1.41 bits per heavy atom. The van der Waals surface area contributed by atoms with Crippen LogP contribution in [0.15, 0.2) is 77.7 Å². The Hall–Kier alpha value is -3.72. The number of carbonyl (C=O) groups is 1. The number of hydrogen-bond donors (Lipinski definition) is 1. The second kappa shape index (κ2) is 10.9. The maximum Gasteiger partial charge on any atom is 0.264 e. The second-order valence-electron chi connectivity index (χ2n) is 7.42. The molecule has 3 rings (SSSR count). The van der Waals surface area contributed by atoms with Gasteiger partial charge in [0.05, 0.1) is 38.0 Å². The summed E-state index contributed by atoms with van der Waals surface area (Å²) in [5.41, 5.74) is 1.11. The van der Waals surface area contributed by atoms with Gasteiger partial charge in [-0.1, -0.05) is 24.3 Å². The third-order valence-electron chi connectivity index (χ3n) is 5.28. The third-order valence-corrected chi connectivity index (χ3v) is 7.06. The van der Waals surface area contributed by atoms with E-state index in [0.29, 0.717) is 17.2 Å². The van der Waals surface area contributed by atoms with Crippen LogP contribution in [-0.2, 0) is 14.8 Å². The highest BCUT2D eigenvalue weighted by molar-refractivity contribution is 7.92. The van der Waals surface area contributed by atoms with Gasteiger partial charge in [0.25, 0.3) is 10.0 Å². The third kappa shape index (κ3) is 5.60. The zero-order valence-electron chi connectivity index (χ0n) is 19.5. The maximum absolute atomic E-state index is 13.6. The zero-order chi connectivity index (χ0) is 24.7. The number of amides is 1. The number of hydrogen-bond acceptors (Lipinski definition) is 6. The van der Waals surface area contributed by atoms with Crippen molar-refractivity contribution in [1.82, 2.24) is 5.32 Å². The monoisotopic (exact) mass is 484 g/mol. The van der Waals surface area contributed by atoms with E-state index in [-0.39, 0.29) is 16.6 Å². The lowest BCUT2D eigenvalue weighted by molar-refractivity contribution is -0.120. The number of ether oxygens (including phenoxy) is 3. The summed E-state index contributed by atoms with van der Waals surface area (Å²) in [5.74, 6) is 1.09. The quantitative estimate of drug-likeness (QED) is 0.471. The topological polar surface area (TPSA) is 94.2 Å². The van der Waals surface area contributed by atoms with E-state index in [1.807, 2.05) is 19.1 Å². The van der Waals surface area contributed by atoms with Crippen LogP contribution in [0, 0.1) is 0 Å². The molecular weight excluding hydrogens is 456 g/mol. The molecule has 1 atom stereocenters. The first-order valence-electron chi connectivity index (χ1n) is 10.5. The van der Waals surface area contributed by atoms with Gasteiger partial charge in [-0.25, -0.2) is 8.42 Å². The van der Waals surface area contributed by atoms with E-state index in [1.165, 1.54) is 26.4 Å². The number of methoxy groups -OCH3 is 3. The second-order valence-corrected chi connectivity index (χ2v) is 9.28. The fraction of sp³-hybridized carbons (Fsp3) is 0.240. The minimum absolute atomic E-state index is 0.0233. The average molecular weight is 485 g/mol. The molecule has 0 aliphatic heterocycles. The highest BCUT2D eigenvalue weighted by Gasteiger charge is 2.29. The molecule has 0 fully saturated rings. The highest BCUT2D eigenvalue weighted by atomic mass is 32.2. The van der Waals surface area contributed by atoms with E-state index in [0.717, 1.165) is 9.87 Å². The van der Waals surface area contributed by atoms with Gasteiger partial charge in [0, 0.05) is 0 Å². The SMILES string of the molecule is COc1ccc([C@H](C)NC(=O)CN(c2ccccc2OC)S(=O)(=O)c2ccc(OC)cc2)cc1. The lowest BCUT2D eigenvalue weighted by Gasteiger charge is -2.26. The Balaban J connectivity index is 1.91. The van der Waals surface area contributed by atoms with Crippen LogP contribution in [0.1, 0.15) is 18.5 Å². The normalized spacial score (nSPS) is 11.9. The number of sulfonamides is 1. The molecule has 3 aromatic carbocycles. The Bertz CT molecular complexity index is 1210. The summed E-state index contributed by atoms with van der Waals surface area (Å²) in [6, 6.07) is 19.6. The van der Waals surface area contributed by atoms with Crippen LogP contribution in [0.2, 0.25) is 0 Å². The Morgan fingerprint density at radius 1 is 0.853 bits per heavy atom. The molecular formula is C25H28N2O6S. The molecule has 0 aliphatic carbocycles. The van der Waals surface area contributed by atoms with Gasteiger partial charge in [-0.3, -0.25) is 9.10 Å². The molecule has 1 N–H and O–H groups in total. The fourth-order valence-electron chi connectivity index (χ4n) is 3.40. The van der Waals surface area contributed by atoms with Gasteiger partial charge in [-0.2, -0.15) is 0 Å². The smallest absolute Gasteiger partial charge is 0.264 e. The predicted octanol–water partition coefficient (Wildman–Crippen LogP) is 3.79. The van der Waals surface area contributed by atoms with Crippen molar-refractivity contribution in [3.8, 4) is 17.2 Å². The molecule has 0 saturated heterocycles. The summed E-state index contributed by atoms with van der Waals surface area (Å²) in [5, 5.41) is 2.87. The highest BCUT2D eigenvalue weighted by Crippen LogP contribution is 2.32. The number of rotatable bonds is 10. The van der Waals surface area contributed by atoms with Crippen LogP contribution < -0.4 is 23.8 Å². The Labute approximate surface area is 200 Å². The molecule has 34 heavy (non-hydrogen) atoms. The van der Waals surface area contributed by atoms with Crippen molar-refractivity contribution in [2.45, 2.75) is 17.9 Å². The molecule has 0 bridgehead atoms. The lowest BCUT2D eigenvalue weighted by Crippen LogP contribution is -2.41. The first-order chi connectivity index (χ1) is 16.3. The van der Waals surface area contributed by atoms with Crippen LogP contribution in [0.25, 0.3) is 0 Å². The van der Waals surface area contributed by atoms with Gasteiger partial charge in [0.15, 0.2) is 0 Å². The fourth-order valence-corrected chi connectivity index (χ4v) is 4.84. The van der Waals surface area contributed by atoms with Crippen LogP contribution in [-0.4, -0.2) is 42.2 Å². The van der Waals surface area contributed by atoms with Crippen LogP contribution in [0.5, 0.6) is 17.2 Å². The molecule has 0 aromatic heterocycles. The van der Waals surface area contributed by atoms with Crippen molar-refractivity contribution < 1.29 is 27.4 Å². The molecule has 0 aliphatic rings. The van der Waals surface area contributed by atoms with E-state index in [9.17, 15) is 13.2 Å². The first kappa shape index (κ1) is 24.9. The first-order valence-corrected chi connectivity index (χ1v) is 12.0. The molecule has 1 amide bonds. The summed E-state index contributed by atoms with van der Waals surface area (Å²) in [4.78, 5) is 13.0. The number of nitrogens with zero attached hydrogens (tertiary/aromatic N) is 1. The molecule has 0 heterocycles. The number of para-hydroxylation sites is 2. The van der Waals surface area contributed by atoms with Gasteiger partial charge < -0.3 is 19.5 Å². The summed E-state index contributed by atoms with van der Waals surface area (Å²) in [7, 11) is 0.430. The number of benzene rings is 3. The lowest BCUT2D eigenvalue weighted by atomic mass is 10.1. The van der Waals surface area contributed by atoms with Gasteiger partial charge in [0.1, 0.15) is 23.8 Å². The van der Waals surface area contributed by atoms with Crippen molar-refractivity contribution in [2.75, 3.05) is 32.2 Å². The van der Waals surface area contributed by atoms with Gasteiger partial charge in [0.2, 0.25) is 5.91 Å². The molecule has 3 aromatic rings. The summed E-state index contributed by atoms with van der Waals surface area (Å²) < 4.78 is 43.9. The Kier molecular flexibility index (Phi) is 8.01. The largest absolute Gasteiger partial charge is 0.497 e. The minimum atomic E-state index is -4.10. The van der Waals surface area contributed by atoms with E-state index in [2.05, 4.69) is 5.32 Å².